The molecular formula is C21H38N2O9. The number of hydrogen-bond donors (Lipinski definition) is 1. The summed E-state index contributed by atoms with van der Waals surface area (Å²) in [6, 6.07) is 0. The Kier molecular flexibility index (Phi) is 20.9. The third-order valence-corrected chi connectivity index (χ3v) is 3.97. The summed E-state index contributed by atoms with van der Waals surface area (Å²) in [5.41, 5.74) is 0. The van der Waals surface area contributed by atoms with E-state index in [9.17, 15) is 14.4 Å². The Hall–Kier alpha value is -1.92. The van der Waals surface area contributed by atoms with Crippen LogP contribution >= 0.6 is 0 Å². The van der Waals surface area contributed by atoms with Gasteiger partial charge in [0.15, 0.2) is 0 Å². The minimum Gasteiger partial charge on any atom is -0.396 e. The number of carbonyl (C=O) groups is 3. The van der Waals surface area contributed by atoms with Crippen molar-refractivity contribution in [1.82, 2.24) is 5.32 Å². The van der Waals surface area contributed by atoms with Crippen LogP contribution in [0.15, 0.2) is 5.16 Å². The summed E-state index contributed by atoms with van der Waals surface area (Å²) in [4.78, 5) is 39.1. The summed E-state index contributed by atoms with van der Waals surface area (Å²) in [6.45, 7) is 4.07. The molecule has 11 heteroatoms. The number of Topliss-reactive ketones (excluding diaryl/α,β-unsaturated/α-hetero) is 2. The number of hydrogen-bond acceptors (Lipinski definition) is 10. The van der Waals surface area contributed by atoms with Crippen molar-refractivity contribution in [3.05, 3.63) is 0 Å². The lowest BCUT2D eigenvalue weighted by atomic mass is 10.1. The van der Waals surface area contributed by atoms with E-state index in [1.807, 2.05) is 0 Å². The van der Waals surface area contributed by atoms with Crippen molar-refractivity contribution in [2.24, 2.45) is 5.16 Å². The molecule has 0 fully saturated rings. The molecule has 0 aliphatic carbocycles. The molecule has 1 atom stereocenters. The fourth-order valence-electron chi connectivity index (χ4n) is 2.19. The Labute approximate surface area is 190 Å². The second-order valence-electron chi connectivity index (χ2n) is 6.82. The number of oxime groups is 1. The standard InChI is InChI=1S/C21H38N2O9/c1-18(24)5-4-9-23-32-11-8-19(25)6-7-21(26)22-10-12-30-17-31-14-13-29-16-20(28-3)15-27-2/h9,20H,4-8,10-17H2,1-3H3,(H,22,26)/b23-9+. The maximum Gasteiger partial charge on any atom is 0.220 e. The molecule has 0 saturated heterocycles. The normalized spacial score (nSPS) is 12.1. The van der Waals surface area contributed by atoms with Crippen molar-refractivity contribution in [2.75, 3.05) is 67.2 Å². The van der Waals surface area contributed by atoms with Crippen LogP contribution in [0.2, 0.25) is 0 Å². The first-order chi connectivity index (χ1) is 15.5. The van der Waals surface area contributed by atoms with Crippen LogP contribution in [0.3, 0.4) is 0 Å². The monoisotopic (exact) mass is 462 g/mol. The van der Waals surface area contributed by atoms with Gasteiger partial charge in [-0.1, -0.05) is 5.16 Å². The molecule has 1 unspecified atom stereocenters. The summed E-state index contributed by atoms with van der Waals surface area (Å²) in [6.07, 6.45) is 2.76. The van der Waals surface area contributed by atoms with Crippen molar-refractivity contribution >= 4 is 23.7 Å². The fourth-order valence-corrected chi connectivity index (χ4v) is 2.19. The Balaban J connectivity index is 3.45. The highest BCUT2D eigenvalue weighted by Gasteiger charge is 2.07. The first-order valence-electron chi connectivity index (χ1n) is 10.7. The third kappa shape index (κ3) is 21.3. The minimum atomic E-state index is -0.219. The highest BCUT2D eigenvalue weighted by Crippen LogP contribution is 1.97. The van der Waals surface area contributed by atoms with Gasteiger partial charge in [-0.15, -0.1) is 0 Å². The van der Waals surface area contributed by atoms with Crippen molar-refractivity contribution < 1.29 is 42.9 Å². The van der Waals surface area contributed by atoms with E-state index >= 15 is 0 Å². The summed E-state index contributed by atoms with van der Waals surface area (Å²) in [5.74, 6) is -0.213. The van der Waals surface area contributed by atoms with Crippen molar-refractivity contribution in [1.29, 1.82) is 0 Å². The zero-order valence-electron chi connectivity index (χ0n) is 19.5. The molecule has 32 heavy (non-hydrogen) atoms. The number of rotatable bonds is 23. The predicted octanol–water partition coefficient (Wildman–Crippen LogP) is 0.882. The van der Waals surface area contributed by atoms with Gasteiger partial charge in [-0.25, -0.2) is 0 Å². The van der Waals surface area contributed by atoms with Gasteiger partial charge in [0, 0.05) is 52.7 Å². The van der Waals surface area contributed by atoms with Crippen LogP contribution in [-0.2, 0) is 42.9 Å². The largest absolute Gasteiger partial charge is 0.396 e. The van der Waals surface area contributed by atoms with E-state index < -0.39 is 0 Å². The Morgan fingerprint density at radius 1 is 0.906 bits per heavy atom. The quantitative estimate of drug-likeness (QED) is 0.102. The number of ketones is 2. The van der Waals surface area contributed by atoms with E-state index in [0.29, 0.717) is 52.4 Å². The highest BCUT2D eigenvalue weighted by atomic mass is 16.7. The van der Waals surface area contributed by atoms with Gasteiger partial charge in [0.25, 0.3) is 0 Å². The van der Waals surface area contributed by atoms with Crippen molar-refractivity contribution in [3.63, 3.8) is 0 Å². The topological polar surface area (TPSA) is 131 Å². The highest BCUT2D eigenvalue weighted by molar-refractivity contribution is 5.84. The maximum atomic E-state index is 11.7. The van der Waals surface area contributed by atoms with E-state index in [1.165, 1.54) is 13.1 Å². The maximum absolute atomic E-state index is 11.7. The second kappa shape index (κ2) is 22.3. The second-order valence-corrected chi connectivity index (χ2v) is 6.82. The molecule has 1 N–H and O–H groups in total. The van der Waals surface area contributed by atoms with Gasteiger partial charge in [0.05, 0.1) is 33.0 Å². The van der Waals surface area contributed by atoms with Crippen LogP contribution < -0.4 is 5.32 Å². The molecule has 0 radical (unpaired) electrons. The molecule has 0 spiro atoms. The Bertz CT molecular complexity index is 529. The molecule has 0 aromatic carbocycles. The van der Waals surface area contributed by atoms with Crippen LogP contribution in [0.25, 0.3) is 0 Å². The van der Waals surface area contributed by atoms with Crippen LogP contribution in [0.5, 0.6) is 0 Å². The summed E-state index contributed by atoms with van der Waals surface area (Å²) in [7, 11) is 3.20. The van der Waals surface area contributed by atoms with Gasteiger partial charge >= 0.3 is 0 Å². The predicted molar refractivity (Wildman–Crippen MR) is 116 cm³/mol. The molecule has 0 bridgehead atoms. The number of nitrogens with one attached hydrogen (secondary N) is 1. The molecule has 1 amide bonds. The number of carbonyl (C=O) groups excluding carboxylic acids is 3. The number of ether oxygens (including phenoxy) is 5. The van der Waals surface area contributed by atoms with Gasteiger partial charge in [0.1, 0.15) is 31.1 Å². The van der Waals surface area contributed by atoms with Crippen LogP contribution in [-0.4, -0.2) is 97.0 Å². The van der Waals surface area contributed by atoms with E-state index in [4.69, 9.17) is 28.5 Å². The summed E-state index contributed by atoms with van der Waals surface area (Å²) in [5, 5.41) is 6.34. The summed E-state index contributed by atoms with van der Waals surface area (Å²) < 4.78 is 26.1. The smallest absolute Gasteiger partial charge is 0.220 e. The lowest BCUT2D eigenvalue weighted by Crippen LogP contribution is -2.28. The van der Waals surface area contributed by atoms with E-state index in [-0.39, 0.29) is 56.2 Å². The molecular weight excluding hydrogens is 424 g/mol. The Morgan fingerprint density at radius 3 is 2.38 bits per heavy atom. The lowest BCUT2D eigenvalue weighted by molar-refractivity contribution is -0.126. The molecule has 11 nitrogen and oxygen atoms in total. The lowest BCUT2D eigenvalue weighted by Gasteiger charge is -2.14. The van der Waals surface area contributed by atoms with Gasteiger partial charge in [0.2, 0.25) is 5.91 Å². The van der Waals surface area contributed by atoms with E-state index in [0.717, 1.165) is 0 Å². The van der Waals surface area contributed by atoms with Crippen LogP contribution in [0.1, 0.15) is 39.0 Å². The molecule has 0 aliphatic rings. The van der Waals surface area contributed by atoms with Crippen molar-refractivity contribution in [3.8, 4) is 0 Å². The number of methoxy groups -OCH3 is 2. The van der Waals surface area contributed by atoms with Crippen LogP contribution in [0, 0.1) is 0 Å². The molecule has 0 aliphatic heterocycles. The third-order valence-electron chi connectivity index (χ3n) is 3.97. The van der Waals surface area contributed by atoms with Crippen molar-refractivity contribution in [2.45, 2.75) is 45.1 Å². The van der Waals surface area contributed by atoms with Gasteiger partial charge in [-0.2, -0.15) is 0 Å². The van der Waals surface area contributed by atoms with Gasteiger partial charge in [-0.3, -0.25) is 9.59 Å². The first kappa shape index (κ1) is 30.1. The van der Waals surface area contributed by atoms with E-state index in [1.54, 1.807) is 14.2 Å². The average Bonchev–Trinajstić information content (AvgIpc) is 2.77. The minimum absolute atomic E-state index is 0.0787. The van der Waals surface area contributed by atoms with Gasteiger partial charge in [-0.05, 0) is 13.3 Å². The first-order valence-corrected chi connectivity index (χ1v) is 10.7. The average molecular weight is 463 g/mol. The fraction of sp³-hybridized carbons (Fsp3) is 0.810. The SMILES string of the molecule is COCC(COCCOCOCCNC(=O)CCC(=O)CCO/N=C/CCC(C)=O)OC. The zero-order valence-corrected chi connectivity index (χ0v) is 19.5. The molecule has 0 heterocycles. The molecule has 0 saturated carbocycles. The summed E-state index contributed by atoms with van der Waals surface area (Å²) >= 11 is 0. The molecule has 0 rings (SSSR count). The number of nitrogens with zero attached hydrogens (tertiary/aromatic N) is 1. The number of amides is 1. The Morgan fingerprint density at radius 2 is 1.66 bits per heavy atom. The molecule has 0 aromatic heterocycles. The molecule has 186 valence electrons. The zero-order chi connectivity index (χ0) is 23.9. The molecule has 0 aromatic rings. The van der Waals surface area contributed by atoms with Gasteiger partial charge < -0.3 is 38.6 Å². The van der Waals surface area contributed by atoms with E-state index in [2.05, 4.69) is 10.5 Å². The van der Waals surface area contributed by atoms with Crippen LogP contribution in [0.4, 0.5) is 0 Å².